The number of aromatic nitrogens is 4. The number of aromatic amines is 1. The normalized spacial score (nSPS) is 10.3. The highest BCUT2D eigenvalue weighted by atomic mass is 35.5. The number of halogens is 1. The van der Waals surface area contributed by atoms with Crippen LogP contribution in [0.25, 0.3) is 0 Å². The number of H-pyrrole nitrogens is 1. The molecule has 94 valence electrons. The molecular formula is C10H11ClN6O. The van der Waals surface area contributed by atoms with Gasteiger partial charge in [-0.15, -0.1) is 0 Å². The first-order valence-corrected chi connectivity index (χ1v) is 5.62. The van der Waals surface area contributed by atoms with Crippen molar-refractivity contribution in [3.63, 3.8) is 0 Å². The number of nitrogens with one attached hydrogen (secondary N) is 2. The van der Waals surface area contributed by atoms with E-state index >= 15 is 0 Å². The van der Waals surface area contributed by atoms with Gasteiger partial charge in [-0.1, -0.05) is 6.92 Å². The van der Waals surface area contributed by atoms with Crippen LogP contribution in [0, 0.1) is 0 Å². The van der Waals surface area contributed by atoms with Crippen molar-refractivity contribution >= 4 is 29.0 Å². The minimum absolute atomic E-state index is 0.0528. The Morgan fingerprint density at radius 2 is 2.39 bits per heavy atom. The Morgan fingerprint density at radius 3 is 3.00 bits per heavy atom. The Balaban J connectivity index is 2.19. The third-order valence-electron chi connectivity index (χ3n) is 2.32. The molecule has 4 N–H and O–H groups in total. The van der Waals surface area contributed by atoms with Gasteiger partial charge in [-0.05, 0) is 24.1 Å². The number of hydrogen-bond donors (Lipinski definition) is 3. The molecule has 0 aliphatic carbocycles. The summed E-state index contributed by atoms with van der Waals surface area (Å²) in [7, 11) is 0. The summed E-state index contributed by atoms with van der Waals surface area (Å²) < 4.78 is 0. The highest BCUT2D eigenvalue weighted by Crippen LogP contribution is 2.16. The van der Waals surface area contributed by atoms with E-state index in [1.165, 1.54) is 12.3 Å². The van der Waals surface area contributed by atoms with Gasteiger partial charge in [0, 0.05) is 6.20 Å². The maximum atomic E-state index is 11.9. The van der Waals surface area contributed by atoms with Gasteiger partial charge in [-0.3, -0.25) is 9.89 Å². The lowest BCUT2D eigenvalue weighted by Gasteiger charge is -2.02. The number of nitrogens with two attached hydrogens (primary N) is 1. The van der Waals surface area contributed by atoms with Gasteiger partial charge in [0.05, 0.1) is 11.4 Å². The molecule has 18 heavy (non-hydrogen) atoms. The van der Waals surface area contributed by atoms with E-state index in [-0.39, 0.29) is 11.0 Å². The molecule has 0 radical (unpaired) electrons. The number of carbonyl (C=O) groups excluding carboxylic acids is 1. The molecule has 2 aromatic rings. The SMILES string of the molecule is CCc1[nH]nc(C(=O)Nc2ccnc(Cl)n2)c1N. The van der Waals surface area contributed by atoms with Crippen molar-refractivity contribution in [1.82, 2.24) is 20.2 Å². The third kappa shape index (κ3) is 2.40. The van der Waals surface area contributed by atoms with E-state index in [1.54, 1.807) is 0 Å². The first-order chi connectivity index (χ1) is 8.61. The molecule has 7 nitrogen and oxygen atoms in total. The number of nitrogens with zero attached hydrogens (tertiary/aromatic N) is 3. The molecule has 0 aliphatic rings. The van der Waals surface area contributed by atoms with Gasteiger partial charge in [0.15, 0.2) is 5.69 Å². The second kappa shape index (κ2) is 5.01. The summed E-state index contributed by atoms with van der Waals surface area (Å²) in [5.41, 5.74) is 6.99. The summed E-state index contributed by atoms with van der Waals surface area (Å²) in [6, 6.07) is 1.52. The first-order valence-electron chi connectivity index (χ1n) is 5.24. The molecule has 0 saturated heterocycles. The van der Waals surface area contributed by atoms with Gasteiger partial charge in [0.2, 0.25) is 5.28 Å². The minimum atomic E-state index is -0.446. The number of rotatable bonds is 3. The molecule has 2 heterocycles. The van der Waals surface area contributed by atoms with Crippen molar-refractivity contribution in [2.45, 2.75) is 13.3 Å². The van der Waals surface area contributed by atoms with Crippen molar-refractivity contribution in [2.75, 3.05) is 11.1 Å². The Morgan fingerprint density at radius 1 is 1.61 bits per heavy atom. The van der Waals surface area contributed by atoms with E-state index < -0.39 is 5.91 Å². The molecule has 0 unspecified atom stereocenters. The van der Waals surface area contributed by atoms with Gasteiger partial charge in [0.25, 0.3) is 5.91 Å². The smallest absolute Gasteiger partial charge is 0.279 e. The van der Waals surface area contributed by atoms with Crippen molar-refractivity contribution in [3.8, 4) is 0 Å². The molecule has 0 saturated carbocycles. The number of carbonyl (C=O) groups is 1. The lowest BCUT2D eigenvalue weighted by atomic mass is 10.2. The van der Waals surface area contributed by atoms with Crippen molar-refractivity contribution in [3.05, 3.63) is 28.9 Å². The standard InChI is InChI=1S/C10H11ClN6O/c1-2-5-7(12)8(17-16-5)9(18)14-6-3-4-13-10(11)15-6/h3-4H,2,12H2,1H3,(H,16,17)(H,13,14,15,18). The molecular weight excluding hydrogens is 256 g/mol. The number of hydrogen-bond acceptors (Lipinski definition) is 5. The van der Waals surface area contributed by atoms with Crippen LogP contribution in [-0.4, -0.2) is 26.1 Å². The quantitative estimate of drug-likeness (QED) is 0.724. The molecule has 8 heteroatoms. The molecule has 1 amide bonds. The zero-order valence-corrected chi connectivity index (χ0v) is 10.3. The monoisotopic (exact) mass is 266 g/mol. The predicted octanol–water partition coefficient (Wildman–Crippen LogP) is 1.25. The molecule has 0 atom stereocenters. The summed E-state index contributed by atoms with van der Waals surface area (Å²) in [6.45, 7) is 1.91. The van der Waals surface area contributed by atoms with E-state index in [2.05, 4.69) is 25.5 Å². The van der Waals surface area contributed by atoms with Crippen LogP contribution in [0.4, 0.5) is 11.5 Å². The van der Waals surface area contributed by atoms with Gasteiger partial charge in [0.1, 0.15) is 5.82 Å². The van der Waals surface area contributed by atoms with Gasteiger partial charge >= 0.3 is 0 Å². The van der Waals surface area contributed by atoms with Crippen molar-refractivity contribution < 1.29 is 4.79 Å². The average Bonchev–Trinajstić information content (AvgIpc) is 2.70. The van der Waals surface area contributed by atoms with Crippen LogP contribution in [0.3, 0.4) is 0 Å². The fourth-order valence-electron chi connectivity index (χ4n) is 1.41. The Hall–Kier alpha value is -2.15. The molecule has 2 aromatic heterocycles. The van der Waals surface area contributed by atoms with E-state index in [9.17, 15) is 4.79 Å². The second-order valence-electron chi connectivity index (χ2n) is 3.48. The highest BCUT2D eigenvalue weighted by Gasteiger charge is 2.16. The fourth-order valence-corrected chi connectivity index (χ4v) is 1.56. The van der Waals surface area contributed by atoms with E-state index in [0.29, 0.717) is 17.9 Å². The van der Waals surface area contributed by atoms with Crippen LogP contribution in [0.5, 0.6) is 0 Å². The molecule has 0 fully saturated rings. The zero-order chi connectivity index (χ0) is 13.1. The molecule has 0 aliphatic heterocycles. The van der Waals surface area contributed by atoms with Crippen molar-refractivity contribution in [2.24, 2.45) is 0 Å². The van der Waals surface area contributed by atoms with Crippen molar-refractivity contribution in [1.29, 1.82) is 0 Å². The van der Waals surface area contributed by atoms with Crippen LogP contribution in [-0.2, 0) is 6.42 Å². The summed E-state index contributed by atoms with van der Waals surface area (Å²) in [5.74, 6) is -0.154. The molecule has 0 bridgehead atoms. The van der Waals surface area contributed by atoms with Gasteiger partial charge in [-0.25, -0.2) is 9.97 Å². The lowest BCUT2D eigenvalue weighted by Crippen LogP contribution is -2.15. The second-order valence-corrected chi connectivity index (χ2v) is 3.82. The van der Waals surface area contributed by atoms with E-state index in [0.717, 1.165) is 5.69 Å². The van der Waals surface area contributed by atoms with E-state index in [1.807, 2.05) is 6.92 Å². The number of aryl methyl sites for hydroxylation is 1. The largest absolute Gasteiger partial charge is 0.395 e. The highest BCUT2D eigenvalue weighted by molar-refractivity contribution is 6.28. The van der Waals surface area contributed by atoms with Crippen LogP contribution in [0.1, 0.15) is 23.1 Å². The third-order valence-corrected chi connectivity index (χ3v) is 2.50. The van der Waals surface area contributed by atoms with Gasteiger partial charge in [-0.2, -0.15) is 5.10 Å². The van der Waals surface area contributed by atoms with Crippen LogP contribution in [0.2, 0.25) is 5.28 Å². The Bertz CT molecular complexity index is 581. The lowest BCUT2D eigenvalue weighted by molar-refractivity contribution is 0.102. The fraction of sp³-hybridized carbons (Fsp3) is 0.200. The summed E-state index contributed by atoms with van der Waals surface area (Å²) in [5, 5.41) is 9.17. The number of anilines is 2. The van der Waals surface area contributed by atoms with Gasteiger partial charge < -0.3 is 11.1 Å². The Labute approximate surface area is 108 Å². The minimum Gasteiger partial charge on any atom is -0.395 e. The predicted molar refractivity (Wildman–Crippen MR) is 67.4 cm³/mol. The average molecular weight is 267 g/mol. The summed E-state index contributed by atoms with van der Waals surface area (Å²) in [6.07, 6.45) is 2.11. The molecule has 0 aromatic carbocycles. The maximum absolute atomic E-state index is 11.9. The van der Waals surface area contributed by atoms with Crippen LogP contribution < -0.4 is 11.1 Å². The first kappa shape index (κ1) is 12.3. The summed E-state index contributed by atoms with van der Waals surface area (Å²) >= 11 is 5.61. The maximum Gasteiger partial charge on any atom is 0.279 e. The van der Waals surface area contributed by atoms with Crippen LogP contribution in [0.15, 0.2) is 12.3 Å². The Kier molecular flexibility index (Phi) is 3.42. The topological polar surface area (TPSA) is 110 Å². The summed E-state index contributed by atoms with van der Waals surface area (Å²) in [4.78, 5) is 19.4. The van der Waals surface area contributed by atoms with Crippen LogP contribution >= 0.6 is 11.6 Å². The number of amides is 1. The number of nitrogen functional groups attached to an aromatic ring is 1. The molecule has 0 spiro atoms. The van der Waals surface area contributed by atoms with E-state index in [4.69, 9.17) is 17.3 Å². The zero-order valence-electron chi connectivity index (χ0n) is 9.57. The molecule has 2 rings (SSSR count).